The highest BCUT2D eigenvalue weighted by Crippen LogP contribution is 2.38. The van der Waals surface area contributed by atoms with E-state index in [0.29, 0.717) is 22.0 Å². The Bertz CT molecular complexity index is 753. The average Bonchev–Trinajstić information content (AvgIpc) is 2.81. The van der Waals surface area contributed by atoms with E-state index in [1.165, 1.54) is 0 Å². The highest BCUT2D eigenvalue weighted by atomic mass is 35.5. The Morgan fingerprint density at radius 3 is 2.75 bits per heavy atom. The largest absolute Gasteiger partial charge is 0.367 e. The number of halogens is 1. The van der Waals surface area contributed by atoms with Gasteiger partial charge in [-0.25, -0.2) is 0 Å². The molecule has 0 radical (unpaired) electrons. The molecule has 2 N–H and O–H groups in total. The van der Waals surface area contributed by atoms with Crippen molar-refractivity contribution in [2.24, 2.45) is 0 Å². The van der Waals surface area contributed by atoms with Crippen LogP contribution in [0, 0.1) is 6.92 Å². The molecule has 2 aromatic heterocycles. The SMILES string of the molecule is Cc1ccc(-c2noc(N)c2-c2ccccn2)c(Cl)c1. The molecular weight excluding hydrogens is 274 g/mol. The van der Waals surface area contributed by atoms with E-state index in [9.17, 15) is 0 Å². The van der Waals surface area contributed by atoms with Gasteiger partial charge < -0.3 is 10.3 Å². The fraction of sp³-hybridized carbons (Fsp3) is 0.0667. The first-order chi connectivity index (χ1) is 9.66. The number of nitrogen functional groups attached to an aromatic ring is 1. The van der Waals surface area contributed by atoms with Gasteiger partial charge in [0.15, 0.2) is 0 Å². The summed E-state index contributed by atoms with van der Waals surface area (Å²) in [7, 11) is 0. The van der Waals surface area contributed by atoms with E-state index in [-0.39, 0.29) is 5.88 Å². The number of anilines is 1. The molecular formula is C15H12ClN3O. The Balaban J connectivity index is 2.21. The van der Waals surface area contributed by atoms with Crippen molar-refractivity contribution in [3.63, 3.8) is 0 Å². The third-order valence-corrected chi connectivity index (χ3v) is 3.33. The highest BCUT2D eigenvalue weighted by molar-refractivity contribution is 6.33. The minimum atomic E-state index is 0.232. The van der Waals surface area contributed by atoms with Crippen molar-refractivity contribution in [1.82, 2.24) is 10.1 Å². The molecule has 5 heteroatoms. The highest BCUT2D eigenvalue weighted by Gasteiger charge is 2.20. The van der Waals surface area contributed by atoms with Gasteiger partial charge in [-0.1, -0.05) is 35.0 Å². The van der Waals surface area contributed by atoms with Crippen molar-refractivity contribution in [2.45, 2.75) is 6.92 Å². The molecule has 0 saturated heterocycles. The van der Waals surface area contributed by atoms with Gasteiger partial charge in [0.2, 0.25) is 5.88 Å². The Morgan fingerprint density at radius 1 is 1.20 bits per heavy atom. The van der Waals surface area contributed by atoms with E-state index < -0.39 is 0 Å². The minimum absolute atomic E-state index is 0.232. The van der Waals surface area contributed by atoms with Crippen LogP contribution in [0.5, 0.6) is 0 Å². The van der Waals surface area contributed by atoms with Crippen molar-refractivity contribution in [2.75, 3.05) is 5.73 Å². The van der Waals surface area contributed by atoms with Gasteiger partial charge in [-0.05, 0) is 30.7 Å². The van der Waals surface area contributed by atoms with Crippen molar-refractivity contribution < 1.29 is 4.52 Å². The minimum Gasteiger partial charge on any atom is -0.367 e. The molecule has 1 aromatic carbocycles. The number of hydrogen-bond acceptors (Lipinski definition) is 4. The molecule has 0 bridgehead atoms. The Hall–Kier alpha value is -2.33. The number of aromatic nitrogens is 2. The van der Waals surface area contributed by atoms with Gasteiger partial charge in [-0.2, -0.15) is 0 Å². The van der Waals surface area contributed by atoms with Crippen molar-refractivity contribution in [3.8, 4) is 22.5 Å². The predicted octanol–water partition coefficient (Wildman–Crippen LogP) is 3.95. The Morgan fingerprint density at radius 2 is 2.05 bits per heavy atom. The number of nitrogens with zero attached hydrogens (tertiary/aromatic N) is 2. The van der Waals surface area contributed by atoms with Crippen LogP contribution in [0.3, 0.4) is 0 Å². The number of pyridine rings is 1. The molecule has 3 rings (SSSR count). The van der Waals surface area contributed by atoms with Crippen LogP contribution in [0.4, 0.5) is 5.88 Å². The Kier molecular flexibility index (Phi) is 3.16. The molecule has 3 aromatic rings. The van der Waals surface area contributed by atoms with Crippen LogP contribution in [-0.4, -0.2) is 10.1 Å². The number of hydrogen-bond donors (Lipinski definition) is 1. The van der Waals surface area contributed by atoms with Crippen LogP contribution in [0.25, 0.3) is 22.5 Å². The lowest BCUT2D eigenvalue weighted by Crippen LogP contribution is -1.90. The molecule has 100 valence electrons. The van der Waals surface area contributed by atoms with Gasteiger partial charge in [-0.15, -0.1) is 0 Å². The second kappa shape index (κ2) is 4.98. The van der Waals surface area contributed by atoms with Crippen molar-refractivity contribution in [1.29, 1.82) is 0 Å². The van der Waals surface area contributed by atoms with Crippen molar-refractivity contribution >= 4 is 17.5 Å². The Labute approximate surface area is 121 Å². The first-order valence-electron chi connectivity index (χ1n) is 6.10. The lowest BCUT2D eigenvalue weighted by atomic mass is 10.0. The molecule has 0 unspecified atom stereocenters. The molecule has 0 amide bonds. The van der Waals surface area contributed by atoms with Crippen LogP contribution < -0.4 is 5.73 Å². The fourth-order valence-electron chi connectivity index (χ4n) is 2.06. The van der Waals surface area contributed by atoms with E-state index in [1.807, 2.05) is 43.3 Å². The maximum Gasteiger partial charge on any atom is 0.232 e. The molecule has 2 heterocycles. The standard InChI is InChI=1S/C15H12ClN3O/c1-9-5-6-10(11(16)8-9)14-13(15(17)20-19-14)12-4-2-3-7-18-12/h2-8H,17H2,1H3. The number of benzene rings is 1. The summed E-state index contributed by atoms with van der Waals surface area (Å²) in [5, 5.41) is 4.64. The third-order valence-electron chi connectivity index (χ3n) is 3.02. The second-order valence-electron chi connectivity index (χ2n) is 4.47. The zero-order valence-corrected chi connectivity index (χ0v) is 11.6. The van der Waals surface area contributed by atoms with Gasteiger partial charge in [0.25, 0.3) is 0 Å². The van der Waals surface area contributed by atoms with E-state index in [4.69, 9.17) is 21.9 Å². The summed E-state index contributed by atoms with van der Waals surface area (Å²) in [6, 6.07) is 11.3. The lowest BCUT2D eigenvalue weighted by Gasteiger charge is -2.04. The summed E-state index contributed by atoms with van der Waals surface area (Å²) in [5.41, 5.74) is 9.71. The second-order valence-corrected chi connectivity index (χ2v) is 4.88. The zero-order valence-electron chi connectivity index (χ0n) is 10.8. The zero-order chi connectivity index (χ0) is 14.1. The first kappa shape index (κ1) is 12.7. The van der Waals surface area contributed by atoms with Gasteiger partial charge in [0.1, 0.15) is 5.69 Å². The topological polar surface area (TPSA) is 64.9 Å². The molecule has 0 saturated carbocycles. The normalized spacial score (nSPS) is 10.7. The van der Waals surface area contributed by atoms with Crippen LogP contribution >= 0.6 is 11.6 Å². The molecule has 4 nitrogen and oxygen atoms in total. The molecule has 20 heavy (non-hydrogen) atoms. The molecule has 0 aliphatic heterocycles. The molecule has 0 spiro atoms. The van der Waals surface area contributed by atoms with Gasteiger partial charge in [-0.3, -0.25) is 4.98 Å². The van der Waals surface area contributed by atoms with Crippen LogP contribution in [0.1, 0.15) is 5.56 Å². The van der Waals surface area contributed by atoms with Gasteiger partial charge in [0.05, 0.1) is 16.3 Å². The number of aryl methyl sites for hydroxylation is 1. The lowest BCUT2D eigenvalue weighted by molar-refractivity contribution is 0.439. The summed E-state index contributed by atoms with van der Waals surface area (Å²) in [6.45, 7) is 1.98. The van der Waals surface area contributed by atoms with E-state index in [2.05, 4.69) is 10.1 Å². The molecule has 0 aliphatic carbocycles. The third kappa shape index (κ3) is 2.14. The summed E-state index contributed by atoms with van der Waals surface area (Å²) >= 11 is 6.29. The summed E-state index contributed by atoms with van der Waals surface area (Å²) in [6.07, 6.45) is 1.70. The first-order valence-corrected chi connectivity index (χ1v) is 6.47. The molecule has 0 atom stereocenters. The smallest absolute Gasteiger partial charge is 0.232 e. The van der Waals surface area contributed by atoms with Crippen molar-refractivity contribution in [3.05, 3.63) is 53.2 Å². The summed E-state index contributed by atoms with van der Waals surface area (Å²) < 4.78 is 5.12. The van der Waals surface area contributed by atoms with E-state index in [0.717, 1.165) is 11.1 Å². The van der Waals surface area contributed by atoms with Crippen LogP contribution in [-0.2, 0) is 0 Å². The molecule has 0 aliphatic rings. The quantitative estimate of drug-likeness (QED) is 0.774. The predicted molar refractivity (Wildman–Crippen MR) is 79.3 cm³/mol. The van der Waals surface area contributed by atoms with Gasteiger partial charge >= 0.3 is 0 Å². The fourth-order valence-corrected chi connectivity index (χ4v) is 2.38. The number of rotatable bonds is 2. The van der Waals surface area contributed by atoms with Crippen LogP contribution in [0.15, 0.2) is 47.1 Å². The maximum atomic E-state index is 6.29. The van der Waals surface area contributed by atoms with E-state index in [1.54, 1.807) is 6.20 Å². The summed E-state index contributed by atoms with van der Waals surface area (Å²) in [5.74, 6) is 0.232. The van der Waals surface area contributed by atoms with Gasteiger partial charge in [0, 0.05) is 11.8 Å². The average molecular weight is 286 g/mol. The monoisotopic (exact) mass is 285 g/mol. The molecule has 0 fully saturated rings. The van der Waals surface area contributed by atoms with E-state index >= 15 is 0 Å². The summed E-state index contributed by atoms with van der Waals surface area (Å²) in [4.78, 5) is 4.29. The van der Waals surface area contributed by atoms with Crippen LogP contribution in [0.2, 0.25) is 5.02 Å². The number of nitrogens with two attached hydrogens (primary N) is 1. The maximum absolute atomic E-state index is 6.29.